The number of nitrogens with zero attached hydrogens (tertiary/aromatic N) is 3. The third-order valence-electron chi connectivity index (χ3n) is 4.79. The Balaban J connectivity index is 2.09. The van der Waals surface area contributed by atoms with Gasteiger partial charge in [-0.1, -0.05) is 19.1 Å². The van der Waals surface area contributed by atoms with Crippen LogP contribution in [0.5, 0.6) is 0 Å². The number of anilines is 1. The molecule has 0 saturated heterocycles. The van der Waals surface area contributed by atoms with Crippen LogP contribution in [0.15, 0.2) is 71.0 Å². The molecule has 3 rings (SSSR count). The number of likely N-dealkylation sites (N-methyl/N-ethyl adjacent to an activating group) is 1. The van der Waals surface area contributed by atoms with Gasteiger partial charge in [-0.15, -0.1) is 11.8 Å². The van der Waals surface area contributed by atoms with Crippen molar-refractivity contribution in [3.8, 4) is 0 Å². The van der Waals surface area contributed by atoms with E-state index in [0.717, 1.165) is 22.6 Å². The van der Waals surface area contributed by atoms with Crippen molar-refractivity contribution in [3.05, 3.63) is 82.4 Å². The van der Waals surface area contributed by atoms with Gasteiger partial charge in [0, 0.05) is 31.7 Å². The first-order valence-corrected chi connectivity index (χ1v) is 10.3. The van der Waals surface area contributed by atoms with Gasteiger partial charge in [0.1, 0.15) is 12.0 Å². The standard InChI is InChI=1S/C22H24FN3O2S/c1-4-29-21-20(22(27)28)15(2)12-19(25(3)18-8-10-24-11-9-18)26(21)14-16-6-5-7-17(23)13-16/h5-13,19H,4,14H2,1-3H3,(H,27,28). The first kappa shape index (κ1) is 20.9. The average Bonchev–Trinajstić information content (AvgIpc) is 2.70. The number of hydrogen-bond donors (Lipinski definition) is 1. The molecule has 0 amide bonds. The molecule has 0 fully saturated rings. The Kier molecular flexibility index (Phi) is 6.59. The molecular formula is C22H24FN3O2S. The SMILES string of the molecule is CCSC1=C(C(=O)O)C(C)=CC(N(C)c2ccncc2)N1Cc1cccc(F)c1. The van der Waals surface area contributed by atoms with E-state index in [1.165, 1.54) is 23.9 Å². The van der Waals surface area contributed by atoms with Gasteiger partial charge < -0.3 is 14.9 Å². The van der Waals surface area contributed by atoms with Crippen molar-refractivity contribution < 1.29 is 14.3 Å². The number of carboxylic acids is 1. The lowest BCUT2D eigenvalue weighted by molar-refractivity contribution is -0.132. The molecule has 0 bridgehead atoms. The quantitative estimate of drug-likeness (QED) is 0.722. The maximum Gasteiger partial charge on any atom is 0.338 e. The molecule has 1 unspecified atom stereocenters. The summed E-state index contributed by atoms with van der Waals surface area (Å²) in [5.41, 5.74) is 2.76. The van der Waals surface area contributed by atoms with E-state index in [-0.39, 0.29) is 12.0 Å². The molecule has 5 nitrogen and oxygen atoms in total. The lowest BCUT2D eigenvalue weighted by Gasteiger charge is -2.43. The van der Waals surface area contributed by atoms with E-state index in [1.807, 2.05) is 50.1 Å². The van der Waals surface area contributed by atoms with E-state index in [0.29, 0.717) is 17.1 Å². The van der Waals surface area contributed by atoms with Gasteiger partial charge in [0.25, 0.3) is 0 Å². The number of carboxylic acid groups (broad SMARTS) is 1. The summed E-state index contributed by atoms with van der Waals surface area (Å²) >= 11 is 1.49. The zero-order chi connectivity index (χ0) is 21.0. The fourth-order valence-corrected chi connectivity index (χ4v) is 4.44. The number of aromatic nitrogens is 1. The van der Waals surface area contributed by atoms with Crippen LogP contribution in [0.4, 0.5) is 10.1 Å². The predicted octanol–water partition coefficient (Wildman–Crippen LogP) is 4.49. The molecule has 1 atom stereocenters. The molecule has 2 heterocycles. The highest BCUT2D eigenvalue weighted by molar-refractivity contribution is 8.03. The zero-order valence-electron chi connectivity index (χ0n) is 16.7. The zero-order valence-corrected chi connectivity index (χ0v) is 17.5. The summed E-state index contributed by atoms with van der Waals surface area (Å²) in [7, 11) is 1.96. The number of hydrogen-bond acceptors (Lipinski definition) is 5. The van der Waals surface area contributed by atoms with Crippen LogP contribution >= 0.6 is 11.8 Å². The summed E-state index contributed by atoms with van der Waals surface area (Å²) in [6, 6.07) is 10.2. The van der Waals surface area contributed by atoms with E-state index in [4.69, 9.17) is 0 Å². The Morgan fingerprint density at radius 3 is 2.66 bits per heavy atom. The van der Waals surface area contributed by atoms with Crippen LogP contribution in [0.25, 0.3) is 0 Å². The van der Waals surface area contributed by atoms with Crippen molar-refractivity contribution >= 4 is 23.4 Å². The molecule has 1 aliphatic rings. The summed E-state index contributed by atoms with van der Waals surface area (Å²) in [4.78, 5) is 20.2. The van der Waals surface area contributed by atoms with Gasteiger partial charge in [-0.2, -0.15) is 0 Å². The normalized spacial score (nSPS) is 16.6. The Morgan fingerprint density at radius 1 is 1.31 bits per heavy atom. The molecule has 0 saturated carbocycles. The number of pyridine rings is 1. The summed E-state index contributed by atoms with van der Waals surface area (Å²) in [6.45, 7) is 4.21. The maximum absolute atomic E-state index is 13.8. The molecule has 1 aromatic heterocycles. The fraction of sp³-hybridized carbons (Fsp3) is 0.273. The van der Waals surface area contributed by atoms with Crippen molar-refractivity contribution in [1.82, 2.24) is 9.88 Å². The molecule has 1 aliphatic heterocycles. The lowest BCUT2D eigenvalue weighted by Crippen LogP contribution is -2.47. The number of halogens is 1. The van der Waals surface area contributed by atoms with Gasteiger partial charge >= 0.3 is 5.97 Å². The monoisotopic (exact) mass is 413 g/mol. The van der Waals surface area contributed by atoms with Crippen molar-refractivity contribution in [2.45, 2.75) is 26.6 Å². The molecule has 152 valence electrons. The Bertz CT molecular complexity index is 946. The van der Waals surface area contributed by atoms with E-state index >= 15 is 0 Å². The molecule has 0 aliphatic carbocycles. The highest BCUT2D eigenvalue weighted by Gasteiger charge is 2.33. The second-order valence-electron chi connectivity index (χ2n) is 6.76. The molecule has 0 radical (unpaired) electrons. The lowest BCUT2D eigenvalue weighted by atomic mass is 10.0. The van der Waals surface area contributed by atoms with Crippen molar-refractivity contribution in [2.75, 3.05) is 17.7 Å². The molecule has 7 heteroatoms. The minimum Gasteiger partial charge on any atom is -0.478 e. The second kappa shape index (κ2) is 9.13. The number of aliphatic carboxylic acids is 1. The number of benzene rings is 1. The molecule has 1 N–H and O–H groups in total. The van der Waals surface area contributed by atoms with Crippen LogP contribution in [0.3, 0.4) is 0 Å². The van der Waals surface area contributed by atoms with Crippen LogP contribution in [0, 0.1) is 5.82 Å². The smallest absolute Gasteiger partial charge is 0.338 e. The molecular weight excluding hydrogens is 389 g/mol. The van der Waals surface area contributed by atoms with Gasteiger partial charge in [-0.3, -0.25) is 4.98 Å². The Hall–Kier alpha value is -2.80. The second-order valence-corrected chi connectivity index (χ2v) is 8.01. The van der Waals surface area contributed by atoms with E-state index < -0.39 is 5.97 Å². The molecule has 29 heavy (non-hydrogen) atoms. The fourth-order valence-electron chi connectivity index (χ4n) is 3.43. The number of carbonyl (C=O) groups is 1. The topological polar surface area (TPSA) is 56.7 Å². The van der Waals surface area contributed by atoms with Gasteiger partial charge in [-0.25, -0.2) is 9.18 Å². The van der Waals surface area contributed by atoms with Crippen molar-refractivity contribution in [2.24, 2.45) is 0 Å². The van der Waals surface area contributed by atoms with E-state index in [1.54, 1.807) is 18.5 Å². The highest BCUT2D eigenvalue weighted by Crippen LogP contribution is 2.37. The molecule has 0 spiro atoms. The highest BCUT2D eigenvalue weighted by atomic mass is 32.2. The van der Waals surface area contributed by atoms with Gasteiger partial charge in [0.05, 0.1) is 10.6 Å². The van der Waals surface area contributed by atoms with Crippen LogP contribution in [-0.2, 0) is 11.3 Å². The molecule has 1 aromatic carbocycles. The van der Waals surface area contributed by atoms with Crippen LogP contribution in [0.2, 0.25) is 0 Å². The molecule has 2 aromatic rings. The third-order valence-corrected chi connectivity index (χ3v) is 5.79. The number of thioether (sulfide) groups is 1. The van der Waals surface area contributed by atoms with Crippen LogP contribution in [0.1, 0.15) is 19.4 Å². The van der Waals surface area contributed by atoms with Gasteiger partial charge in [-0.05, 0) is 54.2 Å². The summed E-state index contributed by atoms with van der Waals surface area (Å²) in [5, 5.41) is 10.5. The maximum atomic E-state index is 13.8. The summed E-state index contributed by atoms with van der Waals surface area (Å²) < 4.78 is 13.8. The van der Waals surface area contributed by atoms with E-state index in [9.17, 15) is 14.3 Å². The largest absolute Gasteiger partial charge is 0.478 e. The first-order valence-electron chi connectivity index (χ1n) is 9.35. The summed E-state index contributed by atoms with van der Waals surface area (Å²) in [5.74, 6) is -0.536. The number of rotatable bonds is 7. The van der Waals surface area contributed by atoms with E-state index in [2.05, 4.69) is 9.88 Å². The third kappa shape index (κ3) is 4.62. The minimum absolute atomic E-state index is 0.224. The van der Waals surface area contributed by atoms with Crippen molar-refractivity contribution in [1.29, 1.82) is 0 Å². The van der Waals surface area contributed by atoms with Gasteiger partial charge in [0.15, 0.2) is 0 Å². The van der Waals surface area contributed by atoms with Crippen LogP contribution in [-0.4, -0.2) is 39.9 Å². The average molecular weight is 414 g/mol. The Labute approximate surface area is 174 Å². The van der Waals surface area contributed by atoms with Crippen molar-refractivity contribution in [3.63, 3.8) is 0 Å². The predicted molar refractivity (Wildman–Crippen MR) is 115 cm³/mol. The Morgan fingerprint density at radius 2 is 2.03 bits per heavy atom. The first-order chi connectivity index (χ1) is 13.9. The van der Waals surface area contributed by atoms with Crippen LogP contribution < -0.4 is 4.90 Å². The minimum atomic E-state index is -0.955. The summed E-state index contributed by atoms with van der Waals surface area (Å²) in [6.07, 6.45) is 5.17. The van der Waals surface area contributed by atoms with Gasteiger partial charge in [0.2, 0.25) is 0 Å².